The summed E-state index contributed by atoms with van der Waals surface area (Å²) in [6, 6.07) is 8.79. The molecule has 4 N–H and O–H groups in total. The van der Waals surface area contributed by atoms with Gasteiger partial charge in [0.15, 0.2) is 0 Å². The third-order valence-corrected chi connectivity index (χ3v) is 5.61. The van der Waals surface area contributed by atoms with Crippen molar-refractivity contribution >= 4 is 29.5 Å². The van der Waals surface area contributed by atoms with Crippen LogP contribution in [0.2, 0.25) is 0 Å². The van der Waals surface area contributed by atoms with Crippen LogP contribution in [0.5, 0.6) is 0 Å². The Morgan fingerprint density at radius 3 is 2.75 bits per heavy atom. The highest BCUT2D eigenvalue weighted by molar-refractivity contribution is 6.06. The number of imide groups is 1. The average molecular weight is 440 g/mol. The van der Waals surface area contributed by atoms with Crippen molar-refractivity contribution in [1.29, 1.82) is 0 Å². The van der Waals surface area contributed by atoms with E-state index in [0.717, 1.165) is 0 Å². The molecule has 2 aliphatic rings. The van der Waals surface area contributed by atoms with E-state index < -0.39 is 23.9 Å². The van der Waals surface area contributed by atoms with Crippen LogP contribution >= 0.6 is 0 Å². The number of rotatable bonds is 6. The normalized spacial score (nSPS) is 17.7. The average Bonchev–Trinajstić information content (AvgIpc) is 3.09. The summed E-state index contributed by atoms with van der Waals surface area (Å²) in [5.74, 6) is -1.55. The highest BCUT2D eigenvalue weighted by atomic mass is 19.1. The van der Waals surface area contributed by atoms with Gasteiger partial charge in [0.05, 0.1) is 0 Å². The van der Waals surface area contributed by atoms with E-state index in [1.807, 2.05) is 0 Å². The Bertz CT molecular complexity index is 1120. The van der Waals surface area contributed by atoms with Gasteiger partial charge in [-0.2, -0.15) is 0 Å². The van der Waals surface area contributed by atoms with E-state index in [1.54, 1.807) is 24.3 Å². The summed E-state index contributed by atoms with van der Waals surface area (Å²) in [4.78, 5) is 48.7. The lowest BCUT2D eigenvalue weighted by atomic mass is 10.0. The molecule has 0 radical (unpaired) electrons. The van der Waals surface area contributed by atoms with Crippen LogP contribution in [0.4, 0.5) is 14.9 Å². The number of carbonyl (C=O) groups is 4. The Morgan fingerprint density at radius 1 is 1.19 bits per heavy atom. The van der Waals surface area contributed by atoms with Crippen LogP contribution in [0.25, 0.3) is 0 Å². The van der Waals surface area contributed by atoms with Crippen molar-refractivity contribution in [3.8, 4) is 0 Å². The third kappa shape index (κ3) is 4.25. The Labute approximate surface area is 182 Å². The number of nitrogens with one attached hydrogen (secondary N) is 3. The van der Waals surface area contributed by atoms with Crippen LogP contribution in [0.15, 0.2) is 36.4 Å². The number of carbonyl (C=O) groups excluding carboxylic acids is 3. The van der Waals surface area contributed by atoms with Crippen molar-refractivity contribution in [2.24, 2.45) is 0 Å². The molecule has 0 saturated carbocycles. The first kappa shape index (κ1) is 21.3. The van der Waals surface area contributed by atoms with E-state index in [0.29, 0.717) is 27.9 Å². The van der Waals surface area contributed by atoms with Gasteiger partial charge in [-0.3, -0.25) is 19.7 Å². The molecule has 166 valence electrons. The molecule has 9 nitrogen and oxygen atoms in total. The van der Waals surface area contributed by atoms with Crippen LogP contribution in [-0.4, -0.2) is 39.9 Å². The fraction of sp³-hybridized carbons (Fsp3) is 0.273. The maximum Gasteiger partial charge on any atom is 0.404 e. The lowest BCUT2D eigenvalue weighted by Crippen LogP contribution is -2.52. The Balaban J connectivity index is 1.50. The smallest absolute Gasteiger partial charge is 0.404 e. The van der Waals surface area contributed by atoms with Crippen molar-refractivity contribution in [3.63, 3.8) is 0 Å². The summed E-state index contributed by atoms with van der Waals surface area (Å²) in [7, 11) is 0. The summed E-state index contributed by atoms with van der Waals surface area (Å²) < 4.78 is 14.3. The highest BCUT2D eigenvalue weighted by Crippen LogP contribution is 2.32. The first-order valence-corrected chi connectivity index (χ1v) is 10.1. The molecule has 2 aliphatic heterocycles. The molecule has 2 aromatic carbocycles. The van der Waals surface area contributed by atoms with Gasteiger partial charge >= 0.3 is 6.09 Å². The van der Waals surface area contributed by atoms with Gasteiger partial charge in [0.25, 0.3) is 5.91 Å². The van der Waals surface area contributed by atoms with Gasteiger partial charge in [0.1, 0.15) is 11.9 Å². The first-order valence-electron chi connectivity index (χ1n) is 10.1. The van der Waals surface area contributed by atoms with Crippen molar-refractivity contribution in [2.75, 3.05) is 5.32 Å². The molecular weight excluding hydrogens is 419 g/mol. The molecule has 4 amide bonds. The van der Waals surface area contributed by atoms with E-state index in [9.17, 15) is 23.6 Å². The minimum Gasteiger partial charge on any atom is -0.465 e. The molecular formula is C22H21FN4O5. The second kappa shape index (κ2) is 8.66. The molecule has 4 rings (SSSR count). The molecule has 0 aliphatic carbocycles. The predicted octanol–water partition coefficient (Wildman–Crippen LogP) is 1.97. The van der Waals surface area contributed by atoms with Crippen LogP contribution in [-0.2, 0) is 29.2 Å². The summed E-state index contributed by atoms with van der Waals surface area (Å²) >= 11 is 0. The van der Waals surface area contributed by atoms with Gasteiger partial charge in [-0.25, -0.2) is 9.18 Å². The molecule has 1 saturated heterocycles. The van der Waals surface area contributed by atoms with Crippen LogP contribution in [0, 0.1) is 5.82 Å². The lowest BCUT2D eigenvalue weighted by molar-refractivity contribution is -0.136. The maximum absolute atomic E-state index is 14.3. The third-order valence-electron chi connectivity index (χ3n) is 5.61. The van der Waals surface area contributed by atoms with Crippen molar-refractivity contribution in [3.05, 3.63) is 64.5 Å². The van der Waals surface area contributed by atoms with Crippen LogP contribution < -0.4 is 16.0 Å². The van der Waals surface area contributed by atoms with Gasteiger partial charge in [-0.05, 0) is 36.2 Å². The molecule has 2 heterocycles. The number of halogens is 1. The number of amides is 4. The molecule has 0 spiro atoms. The number of carboxylic acid groups (broad SMARTS) is 1. The fourth-order valence-electron chi connectivity index (χ4n) is 3.99. The molecule has 0 bridgehead atoms. The van der Waals surface area contributed by atoms with Gasteiger partial charge in [-0.1, -0.05) is 12.1 Å². The van der Waals surface area contributed by atoms with Gasteiger partial charge in [-0.15, -0.1) is 0 Å². The second-order valence-electron chi connectivity index (χ2n) is 7.67. The quantitative estimate of drug-likeness (QED) is 0.509. The number of benzene rings is 2. The fourth-order valence-corrected chi connectivity index (χ4v) is 3.99. The van der Waals surface area contributed by atoms with E-state index in [1.165, 1.54) is 17.0 Å². The molecule has 0 aromatic heterocycles. The van der Waals surface area contributed by atoms with E-state index in [4.69, 9.17) is 5.11 Å². The number of anilines is 1. The minimum atomic E-state index is -1.17. The predicted molar refractivity (Wildman–Crippen MR) is 111 cm³/mol. The largest absolute Gasteiger partial charge is 0.465 e. The molecule has 1 unspecified atom stereocenters. The topological polar surface area (TPSA) is 128 Å². The molecule has 32 heavy (non-hydrogen) atoms. The van der Waals surface area contributed by atoms with E-state index in [2.05, 4.69) is 16.0 Å². The van der Waals surface area contributed by atoms with Gasteiger partial charge < -0.3 is 20.6 Å². The van der Waals surface area contributed by atoms with E-state index in [-0.39, 0.29) is 44.3 Å². The summed E-state index contributed by atoms with van der Waals surface area (Å²) in [5, 5.41) is 16.4. The summed E-state index contributed by atoms with van der Waals surface area (Å²) in [5.41, 5.74) is 2.76. The van der Waals surface area contributed by atoms with Crippen molar-refractivity contribution in [2.45, 2.75) is 38.5 Å². The SMILES string of the molecule is O=C(O)NCc1ccc(F)c(CNc2cccc3c2CN(C2CCC(=O)NC2=O)C3=O)c1. The second-order valence-corrected chi connectivity index (χ2v) is 7.67. The number of fused-ring (bicyclic) bond motifs is 1. The lowest BCUT2D eigenvalue weighted by Gasteiger charge is -2.29. The molecule has 2 aromatic rings. The zero-order chi connectivity index (χ0) is 22.8. The molecule has 1 atom stereocenters. The number of nitrogens with zero attached hydrogens (tertiary/aromatic N) is 1. The van der Waals surface area contributed by atoms with E-state index >= 15 is 0 Å². The number of hydrogen-bond donors (Lipinski definition) is 4. The van der Waals surface area contributed by atoms with Gasteiger partial charge in [0.2, 0.25) is 11.8 Å². The number of hydrogen-bond acceptors (Lipinski definition) is 5. The summed E-state index contributed by atoms with van der Waals surface area (Å²) in [6.45, 7) is 0.378. The van der Waals surface area contributed by atoms with Crippen molar-refractivity contribution < 1.29 is 28.7 Å². The zero-order valence-corrected chi connectivity index (χ0v) is 17.0. The first-order chi connectivity index (χ1) is 15.3. The van der Waals surface area contributed by atoms with Gasteiger partial charge in [0, 0.05) is 48.4 Å². The monoisotopic (exact) mass is 440 g/mol. The zero-order valence-electron chi connectivity index (χ0n) is 17.0. The van der Waals surface area contributed by atoms with Crippen LogP contribution in [0.3, 0.4) is 0 Å². The standard InChI is InChI=1S/C22H21FN4O5/c23-16-5-4-12(9-25-22(31)32)8-13(16)10-24-17-3-1-2-14-15(17)11-27(21(14)30)18-6-7-19(28)26-20(18)29/h1-5,8,18,24-25H,6-7,9-11H2,(H,31,32)(H,26,28,29). The van der Waals surface area contributed by atoms with Crippen LogP contribution in [0.1, 0.15) is 39.9 Å². The maximum atomic E-state index is 14.3. The highest BCUT2D eigenvalue weighted by Gasteiger charge is 2.39. The number of piperidine rings is 1. The minimum absolute atomic E-state index is 0.0543. The Hall–Kier alpha value is -3.95. The summed E-state index contributed by atoms with van der Waals surface area (Å²) in [6.07, 6.45) is -0.720. The Morgan fingerprint density at radius 2 is 2.00 bits per heavy atom. The van der Waals surface area contributed by atoms with Crippen molar-refractivity contribution in [1.82, 2.24) is 15.5 Å². The Kier molecular flexibility index (Phi) is 5.76. The molecule has 1 fully saturated rings. The molecule has 10 heteroatoms.